The third-order valence-electron chi connectivity index (χ3n) is 4.92. The molecule has 4 nitrogen and oxygen atoms in total. The molecule has 26 heavy (non-hydrogen) atoms. The van der Waals surface area contributed by atoms with Crippen LogP contribution >= 0.6 is 11.3 Å². The molecule has 1 saturated heterocycles. The summed E-state index contributed by atoms with van der Waals surface area (Å²) in [5, 5.41) is 2.05. The molecule has 1 aromatic carbocycles. The molecule has 0 saturated carbocycles. The van der Waals surface area contributed by atoms with E-state index in [1.165, 1.54) is 18.4 Å². The summed E-state index contributed by atoms with van der Waals surface area (Å²) in [5.41, 5.74) is 2.40. The minimum absolute atomic E-state index is 0.437. The molecular formula is C21H24N2O2S. The standard InChI is InChI=1S/C21H24N2O2S/c1-3-24-17-10-8-16(9-11-17)19-6-4-12-23(19)14-18-15(2)25-21(22-18)20-7-5-13-26-20/h5,7-11,13,19H,3-4,6,12,14H2,1-2H3. The highest BCUT2D eigenvalue weighted by Crippen LogP contribution is 2.35. The lowest BCUT2D eigenvalue weighted by molar-refractivity contribution is 0.244. The number of thiophene rings is 1. The van der Waals surface area contributed by atoms with Crippen LogP contribution in [0.3, 0.4) is 0 Å². The summed E-state index contributed by atoms with van der Waals surface area (Å²) in [5.74, 6) is 2.60. The molecule has 1 fully saturated rings. The largest absolute Gasteiger partial charge is 0.494 e. The third-order valence-corrected chi connectivity index (χ3v) is 5.77. The fraction of sp³-hybridized carbons (Fsp3) is 0.381. The number of aryl methyl sites for hydroxylation is 1. The van der Waals surface area contributed by atoms with E-state index in [-0.39, 0.29) is 0 Å². The second kappa shape index (κ2) is 7.64. The van der Waals surface area contributed by atoms with E-state index in [1.54, 1.807) is 11.3 Å². The smallest absolute Gasteiger partial charge is 0.236 e. The number of nitrogens with zero attached hydrogens (tertiary/aromatic N) is 2. The van der Waals surface area contributed by atoms with Crippen LogP contribution in [0.25, 0.3) is 10.8 Å². The van der Waals surface area contributed by atoms with E-state index in [2.05, 4.69) is 40.6 Å². The lowest BCUT2D eigenvalue weighted by Gasteiger charge is -2.24. The predicted molar refractivity (Wildman–Crippen MR) is 105 cm³/mol. The Kier molecular flexibility index (Phi) is 5.09. The van der Waals surface area contributed by atoms with Crippen molar-refractivity contribution in [1.82, 2.24) is 9.88 Å². The van der Waals surface area contributed by atoms with Crippen molar-refractivity contribution in [2.75, 3.05) is 13.2 Å². The average Bonchev–Trinajstić information content (AvgIpc) is 3.38. The van der Waals surface area contributed by atoms with Crippen molar-refractivity contribution in [3.8, 4) is 16.5 Å². The van der Waals surface area contributed by atoms with Gasteiger partial charge in [0.05, 0.1) is 17.2 Å². The van der Waals surface area contributed by atoms with Gasteiger partial charge >= 0.3 is 0 Å². The molecule has 4 rings (SSSR count). The molecule has 0 radical (unpaired) electrons. The Hall–Kier alpha value is -2.11. The Labute approximate surface area is 158 Å². The number of ether oxygens (including phenoxy) is 1. The number of aromatic nitrogens is 1. The molecule has 1 atom stereocenters. The van der Waals surface area contributed by atoms with Crippen LogP contribution in [0.5, 0.6) is 5.75 Å². The van der Waals surface area contributed by atoms with Crippen molar-refractivity contribution in [1.29, 1.82) is 0 Å². The van der Waals surface area contributed by atoms with Crippen LogP contribution in [-0.4, -0.2) is 23.0 Å². The van der Waals surface area contributed by atoms with E-state index >= 15 is 0 Å². The molecule has 1 unspecified atom stereocenters. The van der Waals surface area contributed by atoms with Crippen molar-refractivity contribution < 1.29 is 9.15 Å². The molecule has 1 aliphatic heterocycles. The van der Waals surface area contributed by atoms with Gasteiger partial charge in [-0.2, -0.15) is 0 Å². The molecular weight excluding hydrogens is 344 g/mol. The van der Waals surface area contributed by atoms with Crippen LogP contribution in [-0.2, 0) is 6.54 Å². The molecule has 1 aliphatic rings. The lowest BCUT2D eigenvalue weighted by Crippen LogP contribution is -2.23. The number of hydrogen-bond acceptors (Lipinski definition) is 5. The average molecular weight is 369 g/mol. The highest BCUT2D eigenvalue weighted by atomic mass is 32.1. The Bertz CT molecular complexity index is 840. The van der Waals surface area contributed by atoms with Crippen molar-refractivity contribution in [3.63, 3.8) is 0 Å². The molecule has 0 aliphatic carbocycles. The first-order valence-corrected chi connectivity index (χ1v) is 10.1. The van der Waals surface area contributed by atoms with Gasteiger partial charge in [-0.05, 0) is 62.4 Å². The van der Waals surface area contributed by atoms with Crippen LogP contribution in [0.2, 0.25) is 0 Å². The van der Waals surface area contributed by atoms with Gasteiger partial charge in [0.1, 0.15) is 11.5 Å². The molecule has 2 aromatic heterocycles. The molecule has 3 heterocycles. The zero-order valence-electron chi connectivity index (χ0n) is 15.3. The van der Waals surface area contributed by atoms with Gasteiger partial charge in [0.15, 0.2) is 0 Å². The molecule has 3 aromatic rings. The Morgan fingerprint density at radius 2 is 2.12 bits per heavy atom. The maximum atomic E-state index is 5.91. The predicted octanol–water partition coefficient (Wildman–Crippen LogP) is 5.45. The van der Waals surface area contributed by atoms with Gasteiger partial charge in [-0.25, -0.2) is 4.98 Å². The van der Waals surface area contributed by atoms with E-state index in [9.17, 15) is 0 Å². The highest BCUT2D eigenvalue weighted by Gasteiger charge is 2.27. The minimum atomic E-state index is 0.437. The van der Waals surface area contributed by atoms with E-state index in [1.807, 2.05) is 19.9 Å². The van der Waals surface area contributed by atoms with Crippen molar-refractivity contribution in [3.05, 3.63) is 58.8 Å². The topological polar surface area (TPSA) is 38.5 Å². The molecule has 0 N–H and O–H groups in total. The fourth-order valence-corrected chi connectivity index (χ4v) is 4.27. The first-order valence-electron chi connectivity index (χ1n) is 9.21. The van der Waals surface area contributed by atoms with Crippen molar-refractivity contribution in [2.45, 2.75) is 39.3 Å². The fourth-order valence-electron chi connectivity index (χ4n) is 3.62. The zero-order chi connectivity index (χ0) is 17.9. The Balaban J connectivity index is 1.50. The number of likely N-dealkylation sites (tertiary alicyclic amines) is 1. The molecule has 0 bridgehead atoms. The maximum absolute atomic E-state index is 5.91. The SMILES string of the molecule is CCOc1ccc(C2CCCN2Cc2nc(-c3cccs3)oc2C)cc1. The summed E-state index contributed by atoms with van der Waals surface area (Å²) in [6, 6.07) is 13.1. The molecule has 5 heteroatoms. The molecule has 136 valence electrons. The quantitative estimate of drug-likeness (QED) is 0.580. The van der Waals surface area contributed by atoms with Crippen molar-refractivity contribution >= 4 is 11.3 Å². The van der Waals surface area contributed by atoms with Crippen LogP contribution in [0.4, 0.5) is 0 Å². The Morgan fingerprint density at radius 1 is 1.27 bits per heavy atom. The van der Waals surface area contributed by atoms with Gasteiger partial charge in [-0.15, -0.1) is 11.3 Å². The monoisotopic (exact) mass is 368 g/mol. The summed E-state index contributed by atoms with van der Waals surface area (Å²) in [6.07, 6.45) is 2.40. The zero-order valence-corrected chi connectivity index (χ0v) is 16.1. The third kappa shape index (κ3) is 3.55. The van der Waals surface area contributed by atoms with Crippen molar-refractivity contribution in [2.24, 2.45) is 0 Å². The minimum Gasteiger partial charge on any atom is -0.494 e. The first kappa shape index (κ1) is 17.3. The summed E-state index contributed by atoms with van der Waals surface area (Å²) < 4.78 is 11.5. The molecule has 0 amide bonds. The van der Waals surface area contributed by atoms with Crippen LogP contribution in [0, 0.1) is 6.92 Å². The number of benzene rings is 1. The molecule has 0 spiro atoms. The van der Waals surface area contributed by atoms with Gasteiger partial charge in [0, 0.05) is 12.6 Å². The van der Waals surface area contributed by atoms with E-state index in [0.717, 1.165) is 41.1 Å². The van der Waals surface area contributed by atoms with Gasteiger partial charge in [-0.1, -0.05) is 18.2 Å². The van der Waals surface area contributed by atoms with Crippen LogP contribution < -0.4 is 4.74 Å². The van der Waals surface area contributed by atoms with E-state index in [4.69, 9.17) is 14.1 Å². The second-order valence-electron chi connectivity index (χ2n) is 6.63. The normalized spacial score (nSPS) is 17.7. The summed E-state index contributed by atoms with van der Waals surface area (Å²) >= 11 is 1.66. The number of hydrogen-bond donors (Lipinski definition) is 0. The summed E-state index contributed by atoms with van der Waals surface area (Å²) in [6.45, 7) is 6.66. The highest BCUT2D eigenvalue weighted by molar-refractivity contribution is 7.13. The second-order valence-corrected chi connectivity index (χ2v) is 7.58. The summed E-state index contributed by atoms with van der Waals surface area (Å²) in [7, 11) is 0. The van der Waals surface area contributed by atoms with Gasteiger partial charge < -0.3 is 9.15 Å². The van der Waals surface area contributed by atoms with Crippen LogP contribution in [0.1, 0.15) is 42.8 Å². The van der Waals surface area contributed by atoms with E-state index in [0.29, 0.717) is 12.6 Å². The number of rotatable bonds is 6. The van der Waals surface area contributed by atoms with E-state index < -0.39 is 0 Å². The summed E-state index contributed by atoms with van der Waals surface area (Å²) in [4.78, 5) is 8.36. The van der Waals surface area contributed by atoms with Gasteiger partial charge in [-0.3, -0.25) is 4.90 Å². The Morgan fingerprint density at radius 3 is 2.85 bits per heavy atom. The lowest BCUT2D eigenvalue weighted by atomic mass is 10.0. The van der Waals surface area contributed by atoms with Crippen LogP contribution in [0.15, 0.2) is 46.2 Å². The first-order chi connectivity index (χ1) is 12.7. The maximum Gasteiger partial charge on any atom is 0.236 e. The van der Waals surface area contributed by atoms with Gasteiger partial charge in [0.25, 0.3) is 0 Å². The number of oxazole rings is 1. The van der Waals surface area contributed by atoms with Gasteiger partial charge in [0.2, 0.25) is 5.89 Å².